The number of ether oxygens (including phenoxy) is 2. The summed E-state index contributed by atoms with van der Waals surface area (Å²) in [5.74, 6) is 0.876. The van der Waals surface area contributed by atoms with Crippen LogP contribution >= 0.6 is 27.5 Å². The Labute approximate surface area is 136 Å². The molecule has 21 heavy (non-hydrogen) atoms. The lowest BCUT2D eigenvalue weighted by Gasteiger charge is -2.10. The molecule has 0 aliphatic carbocycles. The highest BCUT2D eigenvalue weighted by atomic mass is 79.9. The van der Waals surface area contributed by atoms with E-state index in [1.165, 1.54) is 0 Å². The molecule has 1 amide bonds. The van der Waals surface area contributed by atoms with Crippen LogP contribution in [0.25, 0.3) is 0 Å². The van der Waals surface area contributed by atoms with Crippen LogP contribution in [0.15, 0.2) is 40.9 Å². The van der Waals surface area contributed by atoms with E-state index < -0.39 is 0 Å². The molecule has 1 N–H and O–H groups in total. The molecule has 2 aromatic rings. The van der Waals surface area contributed by atoms with Crippen LogP contribution in [-0.2, 0) is 0 Å². The number of methoxy groups -OCH3 is 2. The number of benzene rings is 2. The third-order valence-electron chi connectivity index (χ3n) is 2.79. The second kappa shape index (κ2) is 6.83. The quantitative estimate of drug-likeness (QED) is 0.869. The van der Waals surface area contributed by atoms with Crippen molar-refractivity contribution in [2.75, 3.05) is 19.5 Å². The molecule has 0 saturated heterocycles. The van der Waals surface area contributed by atoms with E-state index in [1.54, 1.807) is 50.6 Å². The van der Waals surface area contributed by atoms with Crippen molar-refractivity contribution in [3.63, 3.8) is 0 Å². The average Bonchev–Trinajstić information content (AvgIpc) is 2.46. The fourth-order valence-electron chi connectivity index (χ4n) is 1.75. The molecular formula is C15H13BrClNO3. The highest BCUT2D eigenvalue weighted by Gasteiger charge is 2.12. The van der Waals surface area contributed by atoms with Crippen LogP contribution in [0.5, 0.6) is 11.5 Å². The van der Waals surface area contributed by atoms with Gasteiger partial charge in [0.2, 0.25) is 0 Å². The molecule has 0 spiro atoms. The highest BCUT2D eigenvalue weighted by Crippen LogP contribution is 2.27. The molecular weight excluding hydrogens is 358 g/mol. The lowest BCUT2D eigenvalue weighted by molar-refractivity contribution is 0.102. The topological polar surface area (TPSA) is 47.6 Å². The monoisotopic (exact) mass is 369 g/mol. The number of carbonyl (C=O) groups excluding carboxylic acids is 1. The molecule has 4 nitrogen and oxygen atoms in total. The summed E-state index contributed by atoms with van der Waals surface area (Å²) in [4.78, 5) is 12.3. The Morgan fingerprint density at radius 1 is 1.10 bits per heavy atom. The minimum Gasteiger partial charge on any atom is -0.497 e. The van der Waals surface area contributed by atoms with Gasteiger partial charge in [-0.15, -0.1) is 0 Å². The largest absolute Gasteiger partial charge is 0.497 e. The van der Waals surface area contributed by atoms with Crippen molar-refractivity contribution in [1.29, 1.82) is 0 Å². The average molecular weight is 371 g/mol. The van der Waals surface area contributed by atoms with E-state index in [-0.39, 0.29) is 5.91 Å². The second-order valence-corrected chi connectivity index (χ2v) is 5.50. The first-order valence-electron chi connectivity index (χ1n) is 6.03. The summed E-state index contributed by atoms with van der Waals surface area (Å²) in [6, 6.07) is 10.2. The lowest BCUT2D eigenvalue weighted by atomic mass is 10.2. The summed E-state index contributed by atoms with van der Waals surface area (Å²) in [5.41, 5.74) is 0.955. The van der Waals surface area contributed by atoms with Gasteiger partial charge in [-0.2, -0.15) is 0 Å². The third-order valence-corrected chi connectivity index (χ3v) is 3.59. The zero-order valence-corrected chi connectivity index (χ0v) is 13.8. The number of rotatable bonds is 4. The molecule has 0 fully saturated rings. The van der Waals surface area contributed by atoms with Crippen LogP contribution < -0.4 is 14.8 Å². The molecule has 0 saturated carbocycles. The SMILES string of the molecule is COc1cc(NC(=O)c2ccc(Br)cc2Cl)cc(OC)c1. The van der Waals surface area contributed by atoms with Crippen LogP contribution in [0.4, 0.5) is 5.69 Å². The predicted octanol–water partition coefficient (Wildman–Crippen LogP) is 4.37. The van der Waals surface area contributed by atoms with E-state index in [2.05, 4.69) is 21.2 Å². The molecule has 0 aromatic heterocycles. The smallest absolute Gasteiger partial charge is 0.257 e. The maximum atomic E-state index is 12.3. The number of carbonyl (C=O) groups is 1. The van der Waals surface area contributed by atoms with Crippen molar-refractivity contribution in [3.05, 3.63) is 51.5 Å². The fraction of sp³-hybridized carbons (Fsp3) is 0.133. The van der Waals surface area contributed by atoms with Crippen molar-refractivity contribution >= 4 is 39.1 Å². The molecule has 2 rings (SSSR count). The zero-order valence-electron chi connectivity index (χ0n) is 11.4. The number of hydrogen-bond donors (Lipinski definition) is 1. The van der Waals surface area contributed by atoms with Gasteiger partial charge in [0.1, 0.15) is 11.5 Å². The highest BCUT2D eigenvalue weighted by molar-refractivity contribution is 9.10. The zero-order chi connectivity index (χ0) is 15.4. The molecule has 0 bridgehead atoms. The summed E-state index contributed by atoms with van der Waals surface area (Å²) in [5, 5.41) is 3.14. The Kier molecular flexibility index (Phi) is 5.09. The van der Waals surface area contributed by atoms with Gasteiger partial charge in [0.05, 0.1) is 24.8 Å². The molecule has 0 heterocycles. The Bertz CT molecular complexity index is 654. The fourth-order valence-corrected chi connectivity index (χ4v) is 2.51. The van der Waals surface area contributed by atoms with E-state index in [4.69, 9.17) is 21.1 Å². The number of nitrogens with one attached hydrogen (secondary N) is 1. The molecule has 2 aromatic carbocycles. The number of hydrogen-bond acceptors (Lipinski definition) is 3. The molecule has 0 aliphatic rings. The third kappa shape index (κ3) is 3.89. The van der Waals surface area contributed by atoms with Gasteiger partial charge >= 0.3 is 0 Å². The van der Waals surface area contributed by atoms with Gasteiger partial charge in [-0.25, -0.2) is 0 Å². The first-order valence-corrected chi connectivity index (χ1v) is 7.20. The van der Waals surface area contributed by atoms with Crippen LogP contribution in [-0.4, -0.2) is 20.1 Å². The van der Waals surface area contributed by atoms with Gasteiger partial charge in [0, 0.05) is 28.4 Å². The Morgan fingerprint density at radius 2 is 1.71 bits per heavy atom. The molecule has 0 aliphatic heterocycles. The van der Waals surface area contributed by atoms with Gasteiger partial charge in [-0.05, 0) is 18.2 Å². The van der Waals surface area contributed by atoms with E-state index in [0.717, 1.165) is 4.47 Å². The standard InChI is InChI=1S/C15H13BrClNO3/c1-20-11-6-10(7-12(8-11)21-2)18-15(19)13-4-3-9(16)5-14(13)17/h3-8H,1-2H3,(H,18,19). The van der Waals surface area contributed by atoms with E-state index in [0.29, 0.717) is 27.8 Å². The normalized spacial score (nSPS) is 10.1. The van der Waals surface area contributed by atoms with Crippen LogP contribution in [0, 0.1) is 0 Å². The molecule has 0 unspecified atom stereocenters. The van der Waals surface area contributed by atoms with Crippen LogP contribution in [0.2, 0.25) is 5.02 Å². The second-order valence-electron chi connectivity index (χ2n) is 4.18. The molecule has 0 atom stereocenters. The van der Waals surface area contributed by atoms with Crippen molar-refractivity contribution in [2.24, 2.45) is 0 Å². The Morgan fingerprint density at radius 3 is 2.24 bits per heavy atom. The van der Waals surface area contributed by atoms with Crippen molar-refractivity contribution < 1.29 is 14.3 Å². The summed E-state index contributed by atoms with van der Waals surface area (Å²) in [6.45, 7) is 0. The predicted molar refractivity (Wildman–Crippen MR) is 86.7 cm³/mol. The number of anilines is 1. The van der Waals surface area contributed by atoms with Crippen molar-refractivity contribution in [3.8, 4) is 11.5 Å². The summed E-state index contributed by atoms with van der Waals surface area (Å²) < 4.78 is 11.1. The van der Waals surface area contributed by atoms with Crippen LogP contribution in [0.1, 0.15) is 10.4 Å². The van der Waals surface area contributed by atoms with E-state index >= 15 is 0 Å². The first kappa shape index (κ1) is 15.7. The number of halogens is 2. The molecule has 110 valence electrons. The van der Waals surface area contributed by atoms with Gasteiger partial charge in [-0.1, -0.05) is 27.5 Å². The minimum atomic E-state index is -0.303. The maximum absolute atomic E-state index is 12.3. The Hall–Kier alpha value is -1.72. The summed E-state index contributed by atoms with van der Waals surface area (Å²) >= 11 is 9.37. The minimum absolute atomic E-state index is 0.303. The lowest BCUT2D eigenvalue weighted by Crippen LogP contribution is -2.12. The number of amides is 1. The van der Waals surface area contributed by atoms with Crippen molar-refractivity contribution in [2.45, 2.75) is 0 Å². The van der Waals surface area contributed by atoms with Gasteiger partial charge in [0.25, 0.3) is 5.91 Å². The van der Waals surface area contributed by atoms with E-state index in [9.17, 15) is 4.79 Å². The maximum Gasteiger partial charge on any atom is 0.257 e. The Balaban J connectivity index is 2.26. The van der Waals surface area contributed by atoms with Gasteiger partial charge in [-0.3, -0.25) is 4.79 Å². The molecule has 6 heteroatoms. The van der Waals surface area contributed by atoms with Crippen molar-refractivity contribution in [1.82, 2.24) is 0 Å². The van der Waals surface area contributed by atoms with E-state index in [1.807, 2.05) is 0 Å². The summed E-state index contributed by atoms with van der Waals surface area (Å²) in [7, 11) is 3.10. The summed E-state index contributed by atoms with van der Waals surface area (Å²) in [6.07, 6.45) is 0. The molecule has 0 radical (unpaired) electrons. The van der Waals surface area contributed by atoms with Gasteiger partial charge < -0.3 is 14.8 Å². The van der Waals surface area contributed by atoms with Gasteiger partial charge in [0.15, 0.2) is 0 Å². The first-order chi connectivity index (χ1) is 10.0. The van der Waals surface area contributed by atoms with Crippen LogP contribution in [0.3, 0.4) is 0 Å².